The molecule has 5 heterocycles. The Balaban J connectivity index is 0.00000585. The Morgan fingerprint density at radius 3 is 2.42 bits per heavy atom. The first-order chi connectivity index (χ1) is 27.9. The minimum Gasteiger partial charge on any atom is -0.448 e. The molecule has 1 unspecified atom stereocenters. The molecule has 0 spiro atoms. The van der Waals surface area contributed by atoms with Gasteiger partial charge in [0, 0.05) is 22.6 Å². The molecule has 1 saturated heterocycles. The van der Waals surface area contributed by atoms with Crippen LogP contribution in [0.5, 0.6) is 0 Å². The van der Waals surface area contributed by atoms with Gasteiger partial charge in [-0.2, -0.15) is 0 Å². The molecule has 7 rings (SSSR count). The van der Waals surface area contributed by atoms with Crippen LogP contribution in [-0.4, -0.2) is 95.4 Å². The van der Waals surface area contributed by atoms with Gasteiger partial charge in [-0.05, 0) is 43.5 Å². The number of anilines is 1. The third-order valence-electron chi connectivity index (χ3n) is 9.10. The number of hydrazine groups is 3. The minimum absolute atomic E-state index is 0. The molecular weight excluding hydrogens is 842 g/mol. The van der Waals surface area contributed by atoms with Crippen molar-refractivity contribution in [2.45, 2.75) is 43.9 Å². The zero-order chi connectivity index (χ0) is 41.1. The molecule has 4 aliphatic rings. The van der Waals surface area contributed by atoms with Gasteiger partial charge in [-0.1, -0.05) is 65.8 Å². The number of aliphatic hydroxyl groups excluding tert-OH is 1. The van der Waals surface area contributed by atoms with E-state index >= 15 is 0 Å². The molecule has 3 aromatic rings. The average molecular weight is 882 g/mol. The number of halogens is 1. The van der Waals surface area contributed by atoms with Crippen molar-refractivity contribution in [3.05, 3.63) is 117 Å². The third-order valence-corrected chi connectivity index (χ3v) is 12.2. The molecule has 22 heteroatoms. The Hall–Kier alpha value is -5.42. The first kappa shape index (κ1) is 43.2. The van der Waals surface area contributed by atoms with Crippen LogP contribution in [0.25, 0.3) is 0 Å². The van der Waals surface area contributed by atoms with Crippen molar-refractivity contribution in [2.75, 3.05) is 24.0 Å². The van der Waals surface area contributed by atoms with Gasteiger partial charge >= 0.3 is 5.97 Å². The molecule has 18 nitrogen and oxygen atoms in total. The number of nitrogens with two attached hydrogens (primary N) is 2. The number of fused-ring (bicyclic) bond motifs is 2. The molecule has 0 aliphatic carbocycles. The van der Waals surface area contributed by atoms with E-state index in [0.29, 0.717) is 17.1 Å². The summed E-state index contributed by atoms with van der Waals surface area (Å²) in [5.74, 6) is 3.66. The van der Waals surface area contributed by atoms with Gasteiger partial charge in [0.15, 0.2) is 22.8 Å². The SMILES string of the molecule is CC1=NC2=CN(CO)NN2C(SCC2=C(C(=O)OC(c3ccccc3)c3ccccc3)N3C(=O)C(NC(=O)/C(=N\OC(C)(C)C(=O)NN)c4csc(N)n4)[C@H]3SC2)=C1.Cl. The van der Waals surface area contributed by atoms with Crippen LogP contribution >= 0.6 is 47.3 Å². The summed E-state index contributed by atoms with van der Waals surface area (Å²) in [4.78, 5) is 70.4. The molecule has 3 amide bonds. The van der Waals surface area contributed by atoms with Gasteiger partial charge < -0.3 is 25.7 Å². The van der Waals surface area contributed by atoms with Crippen molar-refractivity contribution < 1.29 is 33.9 Å². The van der Waals surface area contributed by atoms with Crippen LogP contribution in [0, 0.1) is 0 Å². The number of allylic oxidation sites excluding steroid dienone is 1. The highest BCUT2D eigenvalue weighted by Crippen LogP contribution is 2.43. The van der Waals surface area contributed by atoms with Gasteiger partial charge in [0.25, 0.3) is 17.7 Å². The summed E-state index contributed by atoms with van der Waals surface area (Å²) in [6, 6.07) is 17.5. The molecule has 2 aromatic carbocycles. The fraction of sp³-hybridized carbons (Fsp3) is 0.270. The lowest BCUT2D eigenvalue weighted by Crippen LogP contribution is -2.71. The fourth-order valence-corrected chi connectivity index (χ4v) is 9.26. The van der Waals surface area contributed by atoms with Crippen LogP contribution in [0.15, 0.2) is 111 Å². The molecule has 0 saturated carbocycles. The number of nitrogen functional groups attached to an aromatic ring is 1. The van der Waals surface area contributed by atoms with Gasteiger partial charge in [-0.3, -0.25) is 29.7 Å². The molecular formula is C37H40ClN11O7S3. The zero-order valence-electron chi connectivity index (χ0n) is 31.7. The topological polar surface area (TPSA) is 242 Å². The monoisotopic (exact) mass is 881 g/mol. The first-order valence-corrected chi connectivity index (χ1v) is 20.6. The highest BCUT2D eigenvalue weighted by atomic mass is 35.5. The molecule has 1 fully saturated rings. The number of thioether (sulfide) groups is 2. The number of β-lactam (4-membered cyclic amide) rings is 1. The summed E-state index contributed by atoms with van der Waals surface area (Å²) in [5.41, 5.74) is 12.0. The van der Waals surface area contributed by atoms with Crippen molar-refractivity contribution in [1.82, 2.24) is 36.2 Å². The maximum Gasteiger partial charge on any atom is 0.356 e. The first-order valence-electron chi connectivity index (χ1n) is 17.7. The lowest BCUT2D eigenvalue weighted by Gasteiger charge is -2.49. The second kappa shape index (κ2) is 18.2. The molecule has 59 heavy (non-hydrogen) atoms. The van der Waals surface area contributed by atoms with Crippen LogP contribution in [0.3, 0.4) is 0 Å². The highest BCUT2D eigenvalue weighted by Gasteiger charge is 2.55. The quantitative estimate of drug-likeness (QED) is 0.0340. The van der Waals surface area contributed by atoms with Crippen molar-refractivity contribution >= 4 is 87.5 Å². The number of ether oxygens (including phenoxy) is 1. The number of rotatable bonds is 14. The molecule has 0 radical (unpaired) electrons. The van der Waals surface area contributed by atoms with Crippen LogP contribution in [0.2, 0.25) is 0 Å². The smallest absolute Gasteiger partial charge is 0.356 e. The summed E-state index contributed by atoms with van der Waals surface area (Å²) < 4.78 is 6.31. The summed E-state index contributed by atoms with van der Waals surface area (Å²) in [7, 11) is 0. The van der Waals surface area contributed by atoms with Gasteiger partial charge in [0.2, 0.25) is 5.60 Å². The lowest BCUT2D eigenvalue weighted by molar-refractivity contribution is -0.154. The Morgan fingerprint density at radius 1 is 1.14 bits per heavy atom. The molecule has 0 bridgehead atoms. The van der Waals surface area contributed by atoms with Gasteiger partial charge in [-0.15, -0.1) is 52.8 Å². The number of carbonyl (C=O) groups is 4. The predicted molar refractivity (Wildman–Crippen MR) is 226 cm³/mol. The molecule has 4 aliphatic heterocycles. The molecule has 1 aromatic heterocycles. The maximum atomic E-state index is 14.6. The number of aliphatic hydroxyl groups is 1. The largest absolute Gasteiger partial charge is 0.448 e. The summed E-state index contributed by atoms with van der Waals surface area (Å²) in [6.07, 6.45) is 2.75. The Morgan fingerprint density at radius 2 is 1.81 bits per heavy atom. The Bertz CT molecular complexity index is 2230. The number of esters is 1. The summed E-state index contributed by atoms with van der Waals surface area (Å²) in [5, 5.41) is 21.3. The second-order valence-corrected chi connectivity index (χ2v) is 16.6. The number of amides is 3. The number of oxime groups is 1. The number of hydrogen-bond acceptors (Lipinski definition) is 18. The predicted octanol–water partition coefficient (Wildman–Crippen LogP) is 2.46. The zero-order valence-corrected chi connectivity index (χ0v) is 35.0. The maximum absolute atomic E-state index is 14.6. The van der Waals surface area contributed by atoms with Crippen molar-refractivity contribution in [2.24, 2.45) is 16.0 Å². The van der Waals surface area contributed by atoms with Crippen molar-refractivity contribution in [1.29, 1.82) is 0 Å². The van der Waals surface area contributed by atoms with E-state index in [-0.39, 0.29) is 47.1 Å². The van der Waals surface area contributed by atoms with E-state index in [1.165, 1.54) is 52.7 Å². The van der Waals surface area contributed by atoms with Crippen molar-refractivity contribution in [3.8, 4) is 0 Å². The van der Waals surface area contributed by atoms with Gasteiger partial charge in [0.1, 0.15) is 29.5 Å². The van der Waals surface area contributed by atoms with Crippen LogP contribution in [0.4, 0.5) is 5.13 Å². The van der Waals surface area contributed by atoms with Crippen LogP contribution in [-0.2, 0) is 28.8 Å². The molecule has 310 valence electrons. The number of carbonyl (C=O) groups excluding carboxylic acids is 4. The van der Waals surface area contributed by atoms with Gasteiger partial charge in [0.05, 0.1) is 11.2 Å². The van der Waals surface area contributed by atoms with E-state index in [0.717, 1.165) is 33.2 Å². The number of nitrogens with one attached hydrogen (secondary N) is 3. The van der Waals surface area contributed by atoms with E-state index in [4.69, 9.17) is 21.2 Å². The number of nitrogens with zero attached hydrogens (tertiary/aromatic N) is 6. The second-order valence-electron chi connectivity index (χ2n) is 13.6. The Labute approximate surface area is 357 Å². The number of benzene rings is 2. The Kier molecular flexibility index (Phi) is 13.3. The third kappa shape index (κ3) is 9.10. The van der Waals surface area contributed by atoms with Crippen LogP contribution in [0.1, 0.15) is 43.7 Å². The van der Waals surface area contributed by atoms with E-state index < -0.39 is 46.8 Å². The normalized spacial score (nSPS) is 18.8. The lowest BCUT2D eigenvalue weighted by atomic mass is 10.0. The van der Waals surface area contributed by atoms with E-state index in [2.05, 4.69) is 26.0 Å². The van der Waals surface area contributed by atoms with Crippen LogP contribution < -0.4 is 27.9 Å². The number of aliphatic imine (C=N–C) groups is 1. The fourth-order valence-electron chi connectivity index (χ4n) is 6.16. The minimum atomic E-state index is -1.57. The highest BCUT2D eigenvalue weighted by molar-refractivity contribution is 8.03. The average Bonchev–Trinajstić information content (AvgIpc) is 3.86. The van der Waals surface area contributed by atoms with E-state index in [1.807, 2.05) is 79.1 Å². The van der Waals surface area contributed by atoms with E-state index in [1.54, 1.807) is 11.2 Å². The summed E-state index contributed by atoms with van der Waals surface area (Å²) in [6.45, 7) is 4.37. The van der Waals surface area contributed by atoms with Crippen molar-refractivity contribution in [3.63, 3.8) is 0 Å². The standard InChI is InChI=1S/C37H39N11O7S3.ClH/c1-20-14-26(48-25(40-20)15-46(19-49)45-48)56-16-23-17-57-33-28(42-31(50)27(24-18-58-36(38)41-24)44-55-37(2,3)35(53)43-39)32(51)47(33)29(23)34(52)54-30(21-10-6-4-7-11-21)22-12-8-5-9-13-22;/h4-15,18,28,30,33,45,49H,16-17,19,39H2,1-3H3,(H2,38,41)(H,42,50)(H,43,53);1H/b44-27-;/t28?,33-;/m1./s1. The molecule has 8 N–H and O–H groups in total. The number of thiazole rings is 1. The van der Waals surface area contributed by atoms with Gasteiger partial charge in [-0.25, -0.2) is 25.6 Å². The summed E-state index contributed by atoms with van der Waals surface area (Å²) >= 11 is 3.84. The van der Waals surface area contributed by atoms with E-state index in [9.17, 15) is 24.3 Å². The molecule has 2 atom stereocenters. The number of aromatic nitrogens is 1. The number of hydrogen-bond donors (Lipinski definition) is 6.